The second-order valence-corrected chi connectivity index (χ2v) is 4.12. The molecule has 6 heteroatoms. The Bertz CT molecular complexity index is 232. The standard InChI is InChI=1S/C10H18F3N3/c1-8(4-5-16(2)3)15-7-9(6-14)10(11,12)13/h8-9,15H,4-5,7H2,1-3H3. The molecule has 0 aliphatic carbocycles. The molecule has 16 heavy (non-hydrogen) atoms. The van der Waals surface area contributed by atoms with Crippen LogP contribution in [0.3, 0.4) is 0 Å². The number of rotatable bonds is 6. The molecule has 0 radical (unpaired) electrons. The third kappa shape index (κ3) is 6.64. The Labute approximate surface area is 94.2 Å². The van der Waals surface area contributed by atoms with Crippen molar-refractivity contribution in [3.8, 4) is 6.07 Å². The van der Waals surface area contributed by atoms with E-state index in [4.69, 9.17) is 5.26 Å². The molecule has 0 aromatic rings. The SMILES string of the molecule is CC(CCN(C)C)NCC(C#N)C(F)(F)F. The van der Waals surface area contributed by atoms with E-state index < -0.39 is 12.1 Å². The summed E-state index contributed by atoms with van der Waals surface area (Å²) in [6.45, 7) is 2.28. The summed E-state index contributed by atoms with van der Waals surface area (Å²) in [5.41, 5.74) is 0. The maximum atomic E-state index is 12.2. The van der Waals surface area contributed by atoms with E-state index in [-0.39, 0.29) is 12.6 Å². The first-order chi connectivity index (χ1) is 7.27. The summed E-state index contributed by atoms with van der Waals surface area (Å²) in [7, 11) is 3.81. The number of halogens is 3. The molecule has 0 fully saturated rings. The van der Waals surface area contributed by atoms with Crippen LogP contribution in [0.1, 0.15) is 13.3 Å². The Hall–Kier alpha value is -0.800. The number of nitrogens with zero attached hydrogens (tertiary/aromatic N) is 2. The van der Waals surface area contributed by atoms with Crippen molar-refractivity contribution in [2.75, 3.05) is 27.2 Å². The largest absolute Gasteiger partial charge is 0.405 e. The maximum Gasteiger partial charge on any atom is 0.405 e. The molecule has 1 N–H and O–H groups in total. The first kappa shape index (κ1) is 15.2. The molecule has 0 bridgehead atoms. The average molecular weight is 237 g/mol. The van der Waals surface area contributed by atoms with E-state index in [2.05, 4.69) is 5.32 Å². The highest BCUT2D eigenvalue weighted by molar-refractivity contribution is 4.90. The molecule has 0 saturated heterocycles. The lowest BCUT2D eigenvalue weighted by Gasteiger charge is -2.19. The Morgan fingerprint density at radius 2 is 1.94 bits per heavy atom. The van der Waals surface area contributed by atoms with Gasteiger partial charge in [0, 0.05) is 12.6 Å². The zero-order valence-corrected chi connectivity index (χ0v) is 9.80. The zero-order chi connectivity index (χ0) is 12.8. The molecular weight excluding hydrogens is 219 g/mol. The van der Waals surface area contributed by atoms with Crippen LogP contribution in [-0.2, 0) is 0 Å². The van der Waals surface area contributed by atoms with Gasteiger partial charge in [0.25, 0.3) is 0 Å². The second-order valence-electron chi connectivity index (χ2n) is 4.12. The number of nitrogens with one attached hydrogen (secondary N) is 1. The average Bonchev–Trinajstić information content (AvgIpc) is 2.13. The van der Waals surface area contributed by atoms with Gasteiger partial charge in [-0.3, -0.25) is 0 Å². The lowest BCUT2D eigenvalue weighted by molar-refractivity contribution is -0.157. The fourth-order valence-corrected chi connectivity index (χ4v) is 1.11. The highest BCUT2D eigenvalue weighted by Gasteiger charge is 2.39. The summed E-state index contributed by atoms with van der Waals surface area (Å²) in [4.78, 5) is 1.96. The molecule has 3 nitrogen and oxygen atoms in total. The van der Waals surface area contributed by atoms with Crippen LogP contribution < -0.4 is 5.32 Å². The minimum Gasteiger partial charge on any atom is -0.313 e. The molecular formula is C10H18F3N3. The smallest absolute Gasteiger partial charge is 0.313 e. The maximum absolute atomic E-state index is 12.2. The molecule has 0 saturated carbocycles. The fourth-order valence-electron chi connectivity index (χ4n) is 1.11. The second kappa shape index (κ2) is 6.71. The van der Waals surface area contributed by atoms with Crippen LogP contribution in [0.2, 0.25) is 0 Å². The lowest BCUT2D eigenvalue weighted by Crippen LogP contribution is -2.38. The summed E-state index contributed by atoms with van der Waals surface area (Å²) >= 11 is 0. The minimum absolute atomic E-state index is 0.0272. The van der Waals surface area contributed by atoms with Crippen molar-refractivity contribution < 1.29 is 13.2 Å². The summed E-state index contributed by atoms with van der Waals surface area (Å²) in [6.07, 6.45) is -3.69. The van der Waals surface area contributed by atoms with Gasteiger partial charge in [-0.2, -0.15) is 18.4 Å². The van der Waals surface area contributed by atoms with Crippen LogP contribution in [0, 0.1) is 17.2 Å². The molecule has 0 aromatic heterocycles. The normalized spacial score (nSPS) is 15.9. The van der Waals surface area contributed by atoms with Crippen LogP contribution >= 0.6 is 0 Å². The highest BCUT2D eigenvalue weighted by Crippen LogP contribution is 2.24. The van der Waals surface area contributed by atoms with E-state index in [9.17, 15) is 13.2 Å². The first-order valence-electron chi connectivity index (χ1n) is 5.11. The first-order valence-corrected chi connectivity index (χ1v) is 5.11. The molecule has 94 valence electrons. The molecule has 2 atom stereocenters. The Balaban J connectivity index is 3.90. The lowest BCUT2D eigenvalue weighted by atomic mass is 10.1. The number of nitriles is 1. The van der Waals surface area contributed by atoms with Crippen molar-refractivity contribution in [3.05, 3.63) is 0 Å². The van der Waals surface area contributed by atoms with Gasteiger partial charge in [0.2, 0.25) is 0 Å². The summed E-state index contributed by atoms with van der Waals surface area (Å²) < 4.78 is 36.6. The summed E-state index contributed by atoms with van der Waals surface area (Å²) in [5.74, 6) is -1.92. The predicted octanol–water partition coefficient (Wildman–Crippen LogP) is 1.62. The number of hydrogen-bond donors (Lipinski definition) is 1. The van der Waals surface area contributed by atoms with Gasteiger partial charge in [-0.1, -0.05) is 0 Å². The number of hydrogen-bond acceptors (Lipinski definition) is 3. The van der Waals surface area contributed by atoms with Gasteiger partial charge in [0.1, 0.15) is 0 Å². The predicted molar refractivity (Wildman–Crippen MR) is 55.8 cm³/mol. The minimum atomic E-state index is -4.44. The van der Waals surface area contributed by atoms with Gasteiger partial charge in [0.05, 0.1) is 6.07 Å². The summed E-state index contributed by atoms with van der Waals surface area (Å²) in [6, 6.07) is 1.24. The molecule has 0 rings (SSSR count). The van der Waals surface area contributed by atoms with Gasteiger partial charge >= 0.3 is 6.18 Å². The van der Waals surface area contributed by atoms with Crippen molar-refractivity contribution in [2.24, 2.45) is 5.92 Å². The van der Waals surface area contributed by atoms with Gasteiger partial charge in [-0.15, -0.1) is 0 Å². The Morgan fingerprint density at radius 3 is 2.31 bits per heavy atom. The van der Waals surface area contributed by atoms with E-state index in [0.717, 1.165) is 13.0 Å². The molecule has 0 spiro atoms. The third-order valence-corrected chi connectivity index (χ3v) is 2.23. The van der Waals surface area contributed by atoms with Crippen LogP contribution in [0.25, 0.3) is 0 Å². The van der Waals surface area contributed by atoms with Crippen LogP contribution in [0.5, 0.6) is 0 Å². The van der Waals surface area contributed by atoms with Gasteiger partial charge in [0.15, 0.2) is 5.92 Å². The van der Waals surface area contributed by atoms with Crippen LogP contribution in [0.4, 0.5) is 13.2 Å². The van der Waals surface area contributed by atoms with Gasteiger partial charge in [-0.25, -0.2) is 0 Å². The molecule has 0 aromatic carbocycles. The van der Waals surface area contributed by atoms with E-state index in [1.54, 1.807) is 0 Å². The van der Waals surface area contributed by atoms with Gasteiger partial charge in [-0.05, 0) is 34.0 Å². The van der Waals surface area contributed by atoms with Crippen molar-refractivity contribution >= 4 is 0 Å². The van der Waals surface area contributed by atoms with Crippen molar-refractivity contribution in [1.29, 1.82) is 5.26 Å². The molecule has 0 amide bonds. The van der Waals surface area contributed by atoms with E-state index in [1.165, 1.54) is 6.07 Å². The molecule has 0 aliphatic rings. The van der Waals surface area contributed by atoms with E-state index in [0.29, 0.717) is 0 Å². The van der Waals surface area contributed by atoms with Crippen LogP contribution in [-0.4, -0.2) is 44.3 Å². The fraction of sp³-hybridized carbons (Fsp3) is 0.900. The number of alkyl halides is 3. The van der Waals surface area contributed by atoms with E-state index in [1.807, 2.05) is 25.9 Å². The highest BCUT2D eigenvalue weighted by atomic mass is 19.4. The van der Waals surface area contributed by atoms with Crippen molar-refractivity contribution in [2.45, 2.75) is 25.6 Å². The summed E-state index contributed by atoms with van der Waals surface area (Å²) in [5, 5.41) is 11.1. The Kier molecular flexibility index (Phi) is 6.38. The van der Waals surface area contributed by atoms with Crippen molar-refractivity contribution in [3.63, 3.8) is 0 Å². The zero-order valence-electron chi connectivity index (χ0n) is 9.80. The topological polar surface area (TPSA) is 39.1 Å². The molecule has 0 heterocycles. The van der Waals surface area contributed by atoms with E-state index >= 15 is 0 Å². The molecule has 0 aliphatic heterocycles. The van der Waals surface area contributed by atoms with Gasteiger partial charge < -0.3 is 10.2 Å². The molecule has 2 unspecified atom stereocenters. The monoisotopic (exact) mass is 237 g/mol. The quantitative estimate of drug-likeness (QED) is 0.763. The third-order valence-electron chi connectivity index (χ3n) is 2.23. The Morgan fingerprint density at radius 1 is 1.38 bits per heavy atom. The van der Waals surface area contributed by atoms with Crippen molar-refractivity contribution in [1.82, 2.24) is 10.2 Å². The van der Waals surface area contributed by atoms with Crippen LogP contribution in [0.15, 0.2) is 0 Å².